The number of amides is 2. The Balaban J connectivity index is 1.58. The molecule has 0 spiro atoms. The number of furan rings is 1. The predicted molar refractivity (Wildman–Crippen MR) is 88.4 cm³/mol. The lowest BCUT2D eigenvalue weighted by atomic mass is 10.2. The molecule has 1 aliphatic rings. The lowest BCUT2D eigenvalue weighted by molar-refractivity contribution is -0.124. The van der Waals surface area contributed by atoms with Crippen LogP contribution in [0.25, 0.3) is 0 Å². The topological polar surface area (TPSA) is 80.6 Å². The largest absolute Gasteiger partial charge is 0.444 e. The average Bonchev–Trinajstić information content (AvgIpc) is 3.20. The summed E-state index contributed by atoms with van der Waals surface area (Å²) in [5.41, 5.74) is 1.27. The van der Waals surface area contributed by atoms with Gasteiger partial charge in [0.05, 0.1) is 0 Å². The Kier molecular flexibility index (Phi) is 4.78. The van der Waals surface area contributed by atoms with Crippen LogP contribution in [-0.4, -0.2) is 24.5 Å². The zero-order valence-electron chi connectivity index (χ0n) is 12.2. The number of anilines is 2. The SMILES string of the molecule is O=C(Nc1ccc(NC(=O)[C@@H]2CCCO2)cc1)c1ccc(Br)o1. The second-order valence-electron chi connectivity index (χ2n) is 5.13. The van der Waals surface area contributed by atoms with Crippen LogP contribution < -0.4 is 10.6 Å². The van der Waals surface area contributed by atoms with E-state index >= 15 is 0 Å². The highest BCUT2D eigenvalue weighted by Crippen LogP contribution is 2.19. The van der Waals surface area contributed by atoms with Gasteiger partial charge in [0.2, 0.25) is 0 Å². The lowest BCUT2D eigenvalue weighted by Crippen LogP contribution is -2.26. The summed E-state index contributed by atoms with van der Waals surface area (Å²) in [6, 6.07) is 10.1. The first-order chi connectivity index (χ1) is 11.1. The fraction of sp³-hybridized carbons (Fsp3) is 0.250. The van der Waals surface area contributed by atoms with Crippen molar-refractivity contribution in [2.24, 2.45) is 0 Å². The van der Waals surface area contributed by atoms with Crippen molar-refractivity contribution in [3.05, 3.63) is 46.8 Å². The van der Waals surface area contributed by atoms with E-state index in [0.717, 1.165) is 12.8 Å². The van der Waals surface area contributed by atoms with Crippen molar-refractivity contribution in [1.29, 1.82) is 0 Å². The Morgan fingerprint density at radius 2 is 1.74 bits per heavy atom. The summed E-state index contributed by atoms with van der Waals surface area (Å²) < 4.78 is 11.0. The highest BCUT2D eigenvalue weighted by molar-refractivity contribution is 9.10. The molecule has 23 heavy (non-hydrogen) atoms. The van der Waals surface area contributed by atoms with E-state index < -0.39 is 0 Å². The average molecular weight is 379 g/mol. The number of benzene rings is 1. The van der Waals surface area contributed by atoms with Gasteiger partial charge in [-0.15, -0.1) is 0 Å². The number of carbonyl (C=O) groups excluding carboxylic acids is 2. The molecule has 1 atom stereocenters. The Morgan fingerprint density at radius 3 is 2.30 bits per heavy atom. The monoisotopic (exact) mass is 378 g/mol. The maximum Gasteiger partial charge on any atom is 0.291 e. The van der Waals surface area contributed by atoms with Crippen LogP contribution in [0.2, 0.25) is 0 Å². The van der Waals surface area contributed by atoms with E-state index in [1.165, 1.54) is 0 Å². The summed E-state index contributed by atoms with van der Waals surface area (Å²) in [6.07, 6.45) is 1.29. The molecular formula is C16H15BrN2O4. The van der Waals surface area contributed by atoms with Crippen LogP contribution >= 0.6 is 15.9 Å². The summed E-state index contributed by atoms with van der Waals surface area (Å²) in [6.45, 7) is 0.631. The van der Waals surface area contributed by atoms with Gasteiger partial charge in [0.1, 0.15) is 6.10 Å². The molecule has 1 aliphatic heterocycles. The van der Waals surface area contributed by atoms with Crippen molar-refractivity contribution in [2.75, 3.05) is 17.2 Å². The van der Waals surface area contributed by atoms with Gasteiger partial charge >= 0.3 is 0 Å². The summed E-state index contributed by atoms with van der Waals surface area (Å²) >= 11 is 3.15. The number of nitrogens with one attached hydrogen (secondary N) is 2. The molecule has 1 saturated heterocycles. The van der Waals surface area contributed by atoms with Crippen molar-refractivity contribution in [3.63, 3.8) is 0 Å². The molecule has 7 heteroatoms. The number of hydrogen-bond donors (Lipinski definition) is 2. The molecule has 1 aromatic heterocycles. The van der Waals surface area contributed by atoms with Crippen LogP contribution in [0.5, 0.6) is 0 Å². The number of rotatable bonds is 4. The minimum atomic E-state index is -0.369. The zero-order chi connectivity index (χ0) is 16.2. The molecule has 0 saturated carbocycles. The first kappa shape index (κ1) is 15.8. The van der Waals surface area contributed by atoms with E-state index in [1.807, 2.05) is 0 Å². The van der Waals surface area contributed by atoms with Crippen LogP contribution in [0.3, 0.4) is 0 Å². The van der Waals surface area contributed by atoms with Crippen LogP contribution in [0.1, 0.15) is 23.4 Å². The molecule has 2 heterocycles. The van der Waals surface area contributed by atoms with E-state index in [1.54, 1.807) is 36.4 Å². The third kappa shape index (κ3) is 4.00. The normalized spacial score (nSPS) is 17.0. The Hall–Kier alpha value is -2.12. The van der Waals surface area contributed by atoms with Crippen LogP contribution in [0.4, 0.5) is 11.4 Å². The molecule has 3 rings (SSSR count). The Bertz CT molecular complexity index is 705. The molecule has 0 aliphatic carbocycles. The number of halogens is 1. The van der Waals surface area contributed by atoms with E-state index in [2.05, 4.69) is 26.6 Å². The third-order valence-corrected chi connectivity index (χ3v) is 3.86. The summed E-state index contributed by atoms with van der Waals surface area (Å²) in [7, 11) is 0. The molecule has 1 fully saturated rings. The second-order valence-corrected chi connectivity index (χ2v) is 5.91. The standard InChI is InChI=1S/C16H15BrN2O4/c17-14-8-7-13(23-14)16(21)19-11-5-3-10(4-6-11)18-15(20)12-2-1-9-22-12/h3-8,12H,1-2,9H2,(H,18,20)(H,19,21)/t12-/m0/s1. The van der Waals surface area contributed by atoms with Crippen molar-refractivity contribution >= 4 is 39.1 Å². The van der Waals surface area contributed by atoms with Gasteiger partial charge in [-0.25, -0.2) is 0 Å². The van der Waals surface area contributed by atoms with Crippen LogP contribution in [0.15, 0.2) is 45.5 Å². The molecule has 0 unspecified atom stereocenters. The number of ether oxygens (including phenoxy) is 1. The zero-order valence-corrected chi connectivity index (χ0v) is 13.8. The van der Waals surface area contributed by atoms with E-state index in [-0.39, 0.29) is 23.7 Å². The van der Waals surface area contributed by atoms with Gasteiger partial charge in [0.15, 0.2) is 10.4 Å². The highest BCUT2D eigenvalue weighted by atomic mass is 79.9. The maximum absolute atomic E-state index is 12.0. The fourth-order valence-corrected chi connectivity index (χ4v) is 2.58. The smallest absolute Gasteiger partial charge is 0.291 e. The lowest BCUT2D eigenvalue weighted by Gasteiger charge is -2.11. The highest BCUT2D eigenvalue weighted by Gasteiger charge is 2.23. The molecule has 6 nitrogen and oxygen atoms in total. The predicted octanol–water partition coefficient (Wildman–Crippen LogP) is 3.41. The first-order valence-corrected chi connectivity index (χ1v) is 8.00. The third-order valence-electron chi connectivity index (χ3n) is 3.43. The molecule has 2 amide bonds. The van der Waals surface area contributed by atoms with Crippen LogP contribution in [-0.2, 0) is 9.53 Å². The van der Waals surface area contributed by atoms with Crippen molar-refractivity contribution in [2.45, 2.75) is 18.9 Å². The van der Waals surface area contributed by atoms with Gasteiger partial charge < -0.3 is 19.8 Å². The summed E-state index contributed by atoms with van der Waals surface area (Å²) in [4.78, 5) is 23.9. The second kappa shape index (κ2) is 6.97. The summed E-state index contributed by atoms with van der Waals surface area (Å²) in [5.74, 6) is -0.265. The Labute approximate surface area is 141 Å². The minimum absolute atomic E-state index is 0.139. The van der Waals surface area contributed by atoms with Crippen molar-refractivity contribution < 1.29 is 18.7 Å². The number of carbonyl (C=O) groups is 2. The van der Waals surface area contributed by atoms with Crippen LogP contribution in [0, 0.1) is 0 Å². The van der Waals surface area contributed by atoms with Crippen molar-refractivity contribution in [1.82, 2.24) is 0 Å². The minimum Gasteiger partial charge on any atom is -0.444 e. The van der Waals surface area contributed by atoms with E-state index in [9.17, 15) is 9.59 Å². The van der Waals surface area contributed by atoms with Gasteiger partial charge in [0, 0.05) is 18.0 Å². The van der Waals surface area contributed by atoms with Crippen molar-refractivity contribution in [3.8, 4) is 0 Å². The molecule has 2 aromatic rings. The van der Waals surface area contributed by atoms with E-state index in [0.29, 0.717) is 22.7 Å². The molecule has 0 radical (unpaired) electrons. The fourth-order valence-electron chi connectivity index (χ4n) is 2.27. The van der Waals surface area contributed by atoms with Gasteiger partial charge in [-0.05, 0) is 65.2 Å². The van der Waals surface area contributed by atoms with Gasteiger partial charge in [0.25, 0.3) is 11.8 Å². The molecule has 0 bridgehead atoms. The molecule has 120 valence electrons. The Morgan fingerprint density at radius 1 is 1.04 bits per heavy atom. The van der Waals surface area contributed by atoms with Gasteiger partial charge in [-0.2, -0.15) is 0 Å². The molecule has 1 aromatic carbocycles. The van der Waals surface area contributed by atoms with E-state index in [4.69, 9.17) is 9.15 Å². The molecule has 2 N–H and O–H groups in total. The van der Waals surface area contributed by atoms with Gasteiger partial charge in [-0.1, -0.05) is 0 Å². The van der Waals surface area contributed by atoms with Gasteiger partial charge in [-0.3, -0.25) is 9.59 Å². The first-order valence-electron chi connectivity index (χ1n) is 7.21. The maximum atomic E-state index is 12.0. The summed E-state index contributed by atoms with van der Waals surface area (Å²) in [5, 5.41) is 5.51. The number of hydrogen-bond acceptors (Lipinski definition) is 4. The molecular weight excluding hydrogens is 364 g/mol. The quantitative estimate of drug-likeness (QED) is 0.853.